The molecule has 2 N–H and O–H groups in total. The second kappa shape index (κ2) is 7.02. The van der Waals surface area contributed by atoms with Gasteiger partial charge in [-0.05, 0) is 19.8 Å². The van der Waals surface area contributed by atoms with Crippen LogP contribution in [0.1, 0.15) is 37.8 Å². The Bertz CT molecular complexity index is 675. The third-order valence-corrected chi connectivity index (χ3v) is 5.20. The van der Waals surface area contributed by atoms with Gasteiger partial charge in [-0.1, -0.05) is 0 Å². The quantitative estimate of drug-likeness (QED) is 0.825. The van der Waals surface area contributed by atoms with E-state index in [2.05, 4.69) is 10.3 Å². The van der Waals surface area contributed by atoms with E-state index in [0.29, 0.717) is 50.7 Å². The molecule has 2 aliphatic rings. The molecule has 25 heavy (non-hydrogen) atoms. The number of carbonyl (C=O) groups excluding carboxylic acids is 1. The number of aryl methyl sites for hydroxylation is 1. The van der Waals surface area contributed by atoms with Gasteiger partial charge in [0, 0.05) is 45.5 Å². The minimum atomic E-state index is -0.977. The summed E-state index contributed by atoms with van der Waals surface area (Å²) in [4.78, 5) is 18.4. The highest BCUT2D eigenvalue weighted by Crippen LogP contribution is 2.28. The number of rotatable bonds is 4. The van der Waals surface area contributed by atoms with Gasteiger partial charge in [0.15, 0.2) is 5.89 Å². The van der Waals surface area contributed by atoms with Gasteiger partial charge in [0.05, 0.1) is 6.10 Å². The van der Waals surface area contributed by atoms with Crippen molar-refractivity contribution in [3.63, 3.8) is 0 Å². The molecule has 0 aliphatic carbocycles. The second-order valence-electron chi connectivity index (χ2n) is 6.84. The van der Waals surface area contributed by atoms with Crippen molar-refractivity contribution < 1.29 is 19.1 Å². The molecule has 3 heterocycles. The summed E-state index contributed by atoms with van der Waals surface area (Å²) in [5, 5.41) is 22.5. The van der Waals surface area contributed by atoms with Crippen LogP contribution in [0.25, 0.3) is 0 Å². The first-order valence-corrected chi connectivity index (χ1v) is 8.67. The van der Waals surface area contributed by atoms with E-state index in [4.69, 9.17) is 14.4 Å². The molecule has 0 aromatic carbocycles. The predicted molar refractivity (Wildman–Crippen MR) is 88.9 cm³/mol. The molecule has 1 aromatic heterocycles. The number of amides is 1. The first kappa shape index (κ1) is 17.7. The van der Waals surface area contributed by atoms with E-state index < -0.39 is 5.60 Å². The molecule has 0 bridgehead atoms. The Morgan fingerprint density at radius 3 is 2.84 bits per heavy atom. The highest BCUT2D eigenvalue weighted by molar-refractivity contribution is 5.79. The van der Waals surface area contributed by atoms with Crippen molar-refractivity contribution in [3.05, 3.63) is 11.6 Å². The molecule has 2 fully saturated rings. The molecule has 1 aromatic rings. The molecule has 2 atom stereocenters. The fraction of sp³-hybridized carbons (Fsp3) is 0.706. The summed E-state index contributed by atoms with van der Waals surface area (Å²) in [6.07, 6.45) is 1.60. The van der Waals surface area contributed by atoms with Gasteiger partial charge < -0.3 is 24.5 Å². The first-order chi connectivity index (χ1) is 11.9. The van der Waals surface area contributed by atoms with E-state index in [1.807, 2.05) is 17.9 Å². The van der Waals surface area contributed by atoms with E-state index in [9.17, 15) is 9.90 Å². The summed E-state index contributed by atoms with van der Waals surface area (Å²) < 4.78 is 10.9. The largest absolute Gasteiger partial charge is 0.424 e. The van der Waals surface area contributed by atoms with Gasteiger partial charge in [-0.3, -0.25) is 4.79 Å². The standard InChI is InChI=1S/C17H24N4O4/c1-11-17(23,5-8-24-11)10-19-15(22)13-3-6-21(7-4-13)16-14(9-18)20-12(2)25-16/h11,13,23H,3-8,10H2,1-2H3,(H,19,22). The van der Waals surface area contributed by atoms with Crippen LogP contribution < -0.4 is 10.2 Å². The monoisotopic (exact) mass is 348 g/mol. The molecule has 1 amide bonds. The normalized spacial score (nSPS) is 27.3. The number of hydrogen-bond donors (Lipinski definition) is 2. The lowest BCUT2D eigenvalue weighted by Crippen LogP contribution is -2.49. The molecular weight excluding hydrogens is 324 g/mol. The Labute approximate surface area is 146 Å². The summed E-state index contributed by atoms with van der Waals surface area (Å²) in [5.41, 5.74) is -0.687. The third-order valence-electron chi connectivity index (χ3n) is 5.20. The number of oxazole rings is 1. The van der Waals surface area contributed by atoms with Crippen molar-refractivity contribution in [2.24, 2.45) is 5.92 Å². The van der Waals surface area contributed by atoms with Gasteiger partial charge in [0.25, 0.3) is 0 Å². The fourth-order valence-electron chi connectivity index (χ4n) is 3.44. The van der Waals surface area contributed by atoms with Crippen molar-refractivity contribution >= 4 is 11.8 Å². The Hall–Kier alpha value is -2.11. The molecule has 136 valence electrons. The Kier molecular flexibility index (Phi) is 4.97. The van der Waals surface area contributed by atoms with Gasteiger partial charge in [0.1, 0.15) is 11.7 Å². The third kappa shape index (κ3) is 3.62. The molecule has 0 radical (unpaired) electrons. The number of nitrogens with one attached hydrogen (secondary N) is 1. The molecule has 2 saturated heterocycles. The van der Waals surface area contributed by atoms with Gasteiger partial charge >= 0.3 is 0 Å². The van der Waals surface area contributed by atoms with Crippen LogP contribution in [0.2, 0.25) is 0 Å². The molecule has 8 nitrogen and oxygen atoms in total. The van der Waals surface area contributed by atoms with E-state index in [-0.39, 0.29) is 30.2 Å². The molecule has 3 rings (SSSR count). The first-order valence-electron chi connectivity index (χ1n) is 8.67. The van der Waals surface area contributed by atoms with Crippen LogP contribution >= 0.6 is 0 Å². The van der Waals surface area contributed by atoms with Crippen molar-refractivity contribution in [2.45, 2.75) is 44.8 Å². The number of carbonyl (C=O) groups is 1. The van der Waals surface area contributed by atoms with Gasteiger partial charge in [-0.2, -0.15) is 5.26 Å². The second-order valence-corrected chi connectivity index (χ2v) is 6.84. The predicted octanol–water partition coefficient (Wildman–Crippen LogP) is 0.727. The van der Waals surface area contributed by atoms with Crippen LogP contribution in [-0.2, 0) is 9.53 Å². The highest BCUT2D eigenvalue weighted by atomic mass is 16.5. The van der Waals surface area contributed by atoms with Crippen LogP contribution in [0.4, 0.5) is 5.88 Å². The number of hydrogen-bond acceptors (Lipinski definition) is 7. The summed E-state index contributed by atoms with van der Waals surface area (Å²) in [5.74, 6) is 0.811. The number of nitrogens with zero attached hydrogens (tertiary/aromatic N) is 3. The summed E-state index contributed by atoms with van der Waals surface area (Å²) in [6.45, 7) is 5.53. The minimum absolute atomic E-state index is 0.0403. The average Bonchev–Trinajstić information content (AvgIpc) is 3.15. The zero-order chi connectivity index (χ0) is 18.0. The van der Waals surface area contributed by atoms with Gasteiger partial charge in [-0.15, -0.1) is 0 Å². The van der Waals surface area contributed by atoms with Crippen LogP contribution in [0, 0.1) is 24.2 Å². The van der Waals surface area contributed by atoms with Crippen molar-refractivity contribution in [3.8, 4) is 6.07 Å². The molecule has 0 spiro atoms. The molecular formula is C17H24N4O4. The summed E-state index contributed by atoms with van der Waals surface area (Å²) in [6, 6.07) is 2.04. The summed E-state index contributed by atoms with van der Waals surface area (Å²) in [7, 11) is 0. The number of nitriles is 1. The molecule has 0 saturated carbocycles. The zero-order valence-corrected chi connectivity index (χ0v) is 14.6. The lowest BCUT2D eigenvalue weighted by atomic mass is 9.93. The van der Waals surface area contributed by atoms with Crippen LogP contribution in [0.15, 0.2) is 4.42 Å². The summed E-state index contributed by atoms with van der Waals surface area (Å²) >= 11 is 0. The maximum Gasteiger partial charge on any atom is 0.234 e. The van der Waals surface area contributed by atoms with E-state index in [0.717, 1.165) is 0 Å². The number of aliphatic hydroxyl groups is 1. The number of piperidine rings is 1. The zero-order valence-electron chi connectivity index (χ0n) is 14.6. The Balaban J connectivity index is 1.52. The van der Waals surface area contributed by atoms with Crippen LogP contribution in [0.5, 0.6) is 0 Å². The van der Waals surface area contributed by atoms with Gasteiger partial charge in [-0.25, -0.2) is 4.98 Å². The van der Waals surface area contributed by atoms with Crippen molar-refractivity contribution in [1.82, 2.24) is 10.3 Å². The van der Waals surface area contributed by atoms with Crippen LogP contribution in [0.3, 0.4) is 0 Å². The molecule has 8 heteroatoms. The number of ether oxygens (including phenoxy) is 1. The SMILES string of the molecule is Cc1nc(C#N)c(N2CCC(C(=O)NCC3(O)CCOC3C)CC2)o1. The van der Waals surface area contributed by atoms with E-state index in [1.165, 1.54) is 0 Å². The van der Waals surface area contributed by atoms with E-state index in [1.54, 1.807) is 6.92 Å². The maximum absolute atomic E-state index is 12.4. The van der Waals surface area contributed by atoms with Crippen molar-refractivity contribution in [2.75, 3.05) is 31.1 Å². The highest BCUT2D eigenvalue weighted by Gasteiger charge is 2.40. The molecule has 2 unspecified atom stereocenters. The van der Waals surface area contributed by atoms with Gasteiger partial charge in [0.2, 0.25) is 17.5 Å². The smallest absolute Gasteiger partial charge is 0.234 e. The Morgan fingerprint density at radius 1 is 1.52 bits per heavy atom. The minimum Gasteiger partial charge on any atom is -0.424 e. The lowest BCUT2D eigenvalue weighted by Gasteiger charge is -2.32. The van der Waals surface area contributed by atoms with Crippen molar-refractivity contribution in [1.29, 1.82) is 5.26 Å². The molecule has 2 aliphatic heterocycles. The number of aromatic nitrogens is 1. The van der Waals surface area contributed by atoms with E-state index >= 15 is 0 Å². The topological polar surface area (TPSA) is 112 Å². The number of anilines is 1. The maximum atomic E-state index is 12.4. The Morgan fingerprint density at radius 2 is 2.24 bits per heavy atom. The average molecular weight is 348 g/mol. The van der Waals surface area contributed by atoms with Crippen LogP contribution in [-0.4, -0.2) is 53.9 Å². The lowest BCUT2D eigenvalue weighted by molar-refractivity contribution is -0.127. The fourth-order valence-corrected chi connectivity index (χ4v) is 3.44.